The highest BCUT2D eigenvalue weighted by Crippen LogP contribution is 2.22. The second kappa shape index (κ2) is 7.84. The van der Waals surface area contributed by atoms with Gasteiger partial charge in [-0.15, -0.1) is 0 Å². The highest BCUT2D eigenvalue weighted by molar-refractivity contribution is 5.79. The number of nitrogens with zero attached hydrogens (tertiary/aromatic N) is 4. The van der Waals surface area contributed by atoms with Gasteiger partial charge in [0.15, 0.2) is 0 Å². The molecule has 0 N–H and O–H groups in total. The molecule has 1 fully saturated rings. The van der Waals surface area contributed by atoms with Crippen molar-refractivity contribution < 1.29 is 9.21 Å². The van der Waals surface area contributed by atoms with Crippen LogP contribution in [-0.4, -0.2) is 47.0 Å². The zero-order valence-corrected chi connectivity index (χ0v) is 16.3. The van der Waals surface area contributed by atoms with Crippen LogP contribution in [-0.2, 0) is 11.2 Å². The van der Waals surface area contributed by atoms with E-state index < -0.39 is 0 Å². The van der Waals surface area contributed by atoms with Gasteiger partial charge in [-0.05, 0) is 43.7 Å². The van der Waals surface area contributed by atoms with Crippen LogP contribution in [0.2, 0.25) is 0 Å². The fourth-order valence-electron chi connectivity index (χ4n) is 3.50. The third-order valence-electron chi connectivity index (χ3n) is 5.12. The first-order chi connectivity index (χ1) is 13.6. The molecule has 144 valence electrons. The van der Waals surface area contributed by atoms with E-state index in [2.05, 4.69) is 46.1 Å². The predicted molar refractivity (Wildman–Crippen MR) is 108 cm³/mol. The minimum Gasteiger partial charge on any atom is -0.441 e. The summed E-state index contributed by atoms with van der Waals surface area (Å²) in [5, 5.41) is 0. The summed E-state index contributed by atoms with van der Waals surface area (Å²) in [4.78, 5) is 25.6. The van der Waals surface area contributed by atoms with Crippen molar-refractivity contribution in [1.29, 1.82) is 0 Å². The third-order valence-corrected chi connectivity index (χ3v) is 5.12. The van der Waals surface area contributed by atoms with Gasteiger partial charge in [-0.1, -0.05) is 12.1 Å². The van der Waals surface area contributed by atoms with Gasteiger partial charge in [0.2, 0.25) is 11.8 Å². The van der Waals surface area contributed by atoms with Gasteiger partial charge in [-0.25, -0.2) is 4.98 Å². The number of pyridine rings is 1. The van der Waals surface area contributed by atoms with Gasteiger partial charge in [0.1, 0.15) is 5.76 Å². The van der Waals surface area contributed by atoms with Crippen molar-refractivity contribution in [3.05, 3.63) is 65.8 Å². The summed E-state index contributed by atoms with van der Waals surface area (Å²) in [5.41, 5.74) is 3.99. The fraction of sp³-hybridized carbons (Fsp3) is 0.318. The summed E-state index contributed by atoms with van der Waals surface area (Å²) >= 11 is 0. The van der Waals surface area contributed by atoms with Gasteiger partial charge in [-0.2, -0.15) is 0 Å². The Balaban J connectivity index is 1.38. The van der Waals surface area contributed by atoms with E-state index in [9.17, 15) is 4.79 Å². The second-order valence-corrected chi connectivity index (χ2v) is 7.15. The molecule has 3 heterocycles. The lowest BCUT2D eigenvalue weighted by molar-refractivity contribution is -0.130. The van der Waals surface area contributed by atoms with Crippen LogP contribution in [0.25, 0.3) is 11.5 Å². The maximum absolute atomic E-state index is 12.8. The molecule has 0 atom stereocenters. The monoisotopic (exact) mass is 376 g/mol. The molecule has 1 amide bonds. The normalized spacial score (nSPS) is 14.4. The Labute approximate surface area is 164 Å². The Kier molecular flexibility index (Phi) is 5.10. The number of piperazine rings is 1. The van der Waals surface area contributed by atoms with Crippen LogP contribution >= 0.6 is 0 Å². The lowest BCUT2D eigenvalue weighted by atomic mass is 10.2. The van der Waals surface area contributed by atoms with Crippen molar-refractivity contribution in [3.63, 3.8) is 0 Å². The second-order valence-electron chi connectivity index (χ2n) is 7.15. The first-order valence-corrected chi connectivity index (χ1v) is 9.56. The third kappa shape index (κ3) is 3.91. The first-order valence-electron chi connectivity index (χ1n) is 9.56. The fourth-order valence-corrected chi connectivity index (χ4v) is 3.50. The van der Waals surface area contributed by atoms with E-state index in [0.717, 1.165) is 31.7 Å². The molecule has 1 aromatic carbocycles. The number of benzene rings is 1. The molecule has 4 rings (SSSR count). The number of oxazole rings is 1. The number of carbonyl (C=O) groups excluding carboxylic acids is 1. The summed E-state index contributed by atoms with van der Waals surface area (Å²) in [5.74, 6) is 1.29. The van der Waals surface area contributed by atoms with E-state index in [1.54, 1.807) is 12.4 Å². The van der Waals surface area contributed by atoms with Gasteiger partial charge < -0.3 is 14.2 Å². The quantitative estimate of drug-likeness (QED) is 0.699. The SMILES string of the molecule is Cc1cccc(N2CCN(C(=O)Cc3nc(-c4cccnc4)oc3C)CC2)c1. The van der Waals surface area contributed by atoms with Crippen LogP contribution in [0, 0.1) is 13.8 Å². The molecule has 0 radical (unpaired) electrons. The van der Waals surface area contributed by atoms with Gasteiger partial charge in [0.05, 0.1) is 17.7 Å². The molecule has 28 heavy (non-hydrogen) atoms. The maximum atomic E-state index is 12.8. The Morgan fingerprint density at radius 1 is 1.11 bits per heavy atom. The zero-order valence-electron chi connectivity index (χ0n) is 16.3. The maximum Gasteiger partial charge on any atom is 0.228 e. The average molecular weight is 376 g/mol. The van der Waals surface area contributed by atoms with Crippen LogP contribution in [0.5, 0.6) is 0 Å². The summed E-state index contributed by atoms with van der Waals surface area (Å²) in [6.07, 6.45) is 3.68. The average Bonchev–Trinajstić information content (AvgIpc) is 3.09. The van der Waals surface area contributed by atoms with Gasteiger partial charge in [0, 0.05) is 44.3 Å². The number of hydrogen-bond donors (Lipinski definition) is 0. The first kappa shape index (κ1) is 18.2. The lowest BCUT2D eigenvalue weighted by Gasteiger charge is -2.36. The summed E-state index contributed by atoms with van der Waals surface area (Å²) < 4.78 is 5.74. The number of anilines is 1. The molecule has 1 aliphatic rings. The van der Waals surface area contributed by atoms with Gasteiger partial charge in [0.25, 0.3) is 0 Å². The standard InChI is InChI=1S/C22H24N4O2/c1-16-5-3-7-19(13-16)25-9-11-26(12-10-25)21(27)14-20-17(2)28-22(24-20)18-6-4-8-23-15-18/h3-8,13,15H,9-12,14H2,1-2H3. The summed E-state index contributed by atoms with van der Waals surface area (Å²) in [7, 11) is 0. The van der Waals surface area contributed by atoms with Crippen LogP contribution < -0.4 is 4.90 Å². The molecule has 6 heteroatoms. The predicted octanol–water partition coefficient (Wildman–Crippen LogP) is 3.24. The highest BCUT2D eigenvalue weighted by atomic mass is 16.4. The van der Waals surface area contributed by atoms with Crippen molar-refractivity contribution in [1.82, 2.24) is 14.9 Å². The van der Waals surface area contributed by atoms with E-state index in [4.69, 9.17) is 4.42 Å². The Bertz CT molecular complexity index is 960. The van der Waals surface area contributed by atoms with Crippen LogP contribution in [0.3, 0.4) is 0 Å². The molecule has 0 aliphatic carbocycles. The van der Waals surface area contributed by atoms with Crippen molar-refractivity contribution in [2.24, 2.45) is 0 Å². The molecule has 0 spiro atoms. The number of amides is 1. The smallest absolute Gasteiger partial charge is 0.228 e. The molecule has 3 aromatic rings. The molecule has 2 aromatic heterocycles. The Morgan fingerprint density at radius 3 is 2.64 bits per heavy atom. The van der Waals surface area contributed by atoms with E-state index in [0.29, 0.717) is 17.3 Å². The molecule has 6 nitrogen and oxygen atoms in total. The largest absolute Gasteiger partial charge is 0.441 e. The van der Waals surface area contributed by atoms with E-state index in [1.807, 2.05) is 24.0 Å². The lowest BCUT2D eigenvalue weighted by Crippen LogP contribution is -2.49. The highest BCUT2D eigenvalue weighted by Gasteiger charge is 2.23. The van der Waals surface area contributed by atoms with Crippen LogP contribution in [0.15, 0.2) is 53.2 Å². The van der Waals surface area contributed by atoms with Crippen molar-refractivity contribution in [3.8, 4) is 11.5 Å². The molecule has 0 unspecified atom stereocenters. The molecule has 1 aliphatic heterocycles. The summed E-state index contributed by atoms with van der Waals surface area (Å²) in [6.45, 7) is 7.08. The zero-order chi connectivity index (χ0) is 19.5. The van der Waals surface area contributed by atoms with Gasteiger partial charge >= 0.3 is 0 Å². The number of carbonyl (C=O) groups is 1. The van der Waals surface area contributed by atoms with E-state index in [1.165, 1.54) is 11.3 Å². The minimum absolute atomic E-state index is 0.0954. The van der Waals surface area contributed by atoms with Crippen LogP contribution in [0.1, 0.15) is 17.0 Å². The summed E-state index contributed by atoms with van der Waals surface area (Å²) in [6, 6.07) is 12.2. The van der Waals surface area contributed by atoms with Crippen LogP contribution in [0.4, 0.5) is 5.69 Å². The Hall–Kier alpha value is -3.15. The minimum atomic E-state index is 0.0954. The topological polar surface area (TPSA) is 62.5 Å². The molecule has 0 bridgehead atoms. The number of aromatic nitrogens is 2. The van der Waals surface area contributed by atoms with E-state index in [-0.39, 0.29) is 12.3 Å². The van der Waals surface area contributed by atoms with E-state index >= 15 is 0 Å². The number of rotatable bonds is 4. The molecule has 0 saturated carbocycles. The molecular weight excluding hydrogens is 352 g/mol. The Morgan fingerprint density at radius 2 is 1.93 bits per heavy atom. The van der Waals surface area contributed by atoms with Gasteiger partial charge in [-0.3, -0.25) is 9.78 Å². The number of hydrogen-bond acceptors (Lipinski definition) is 5. The number of aryl methyl sites for hydroxylation is 2. The molecular formula is C22H24N4O2. The van der Waals surface area contributed by atoms with Crippen molar-refractivity contribution in [2.75, 3.05) is 31.1 Å². The van der Waals surface area contributed by atoms with Crippen molar-refractivity contribution in [2.45, 2.75) is 20.3 Å². The molecule has 1 saturated heterocycles. The van der Waals surface area contributed by atoms with Crippen molar-refractivity contribution >= 4 is 11.6 Å².